The Balaban J connectivity index is 1.82. The maximum absolute atomic E-state index is 12.4. The van der Waals surface area contributed by atoms with Gasteiger partial charge in [0.15, 0.2) is 0 Å². The van der Waals surface area contributed by atoms with Crippen molar-refractivity contribution in [3.05, 3.63) is 48.2 Å². The van der Waals surface area contributed by atoms with Crippen molar-refractivity contribution in [2.24, 2.45) is 11.8 Å². The van der Waals surface area contributed by atoms with E-state index in [0.717, 1.165) is 41.8 Å². The predicted molar refractivity (Wildman–Crippen MR) is 89.5 cm³/mol. The Morgan fingerprint density at radius 2 is 2.09 bits per heavy atom. The molecule has 1 fully saturated rings. The SMILES string of the molecule is Cc1ccc(NC(=O)[C@@H]2CCC[C@@H]2C)cc1-c1ccccn1. The third-order valence-electron chi connectivity index (χ3n) is 4.64. The quantitative estimate of drug-likeness (QED) is 0.909. The van der Waals surface area contributed by atoms with Crippen LogP contribution in [0.25, 0.3) is 11.3 Å². The molecule has 3 rings (SSSR count). The number of aryl methyl sites for hydroxylation is 1. The normalized spacial score (nSPS) is 20.8. The minimum absolute atomic E-state index is 0.152. The predicted octanol–water partition coefficient (Wildman–Crippen LogP) is 4.43. The van der Waals surface area contributed by atoms with Gasteiger partial charge in [-0.05, 0) is 55.5 Å². The Kier molecular flexibility index (Phi) is 4.23. The summed E-state index contributed by atoms with van der Waals surface area (Å²) >= 11 is 0. The largest absolute Gasteiger partial charge is 0.326 e. The van der Waals surface area contributed by atoms with Crippen LogP contribution in [0.1, 0.15) is 31.7 Å². The van der Waals surface area contributed by atoms with Crippen molar-refractivity contribution in [2.75, 3.05) is 5.32 Å². The van der Waals surface area contributed by atoms with Gasteiger partial charge in [-0.2, -0.15) is 0 Å². The number of anilines is 1. The van der Waals surface area contributed by atoms with Gasteiger partial charge in [-0.25, -0.2) is 0 Å². The van der Waals surface area contributed by atoms with Gasteiger partial charge in [0.1, 0.15) is 0 Å². The van der Waals surface area contributed by atoms with Crippen LogP contribution in [0.2, 0.25) is 0 Å². The van der Waals surface area contributed by atoms with Crippen LogP contribution in [0.5, 0.6) is 0 Å². The summed E-state index contributed by atoms with van der Waals surface area (Å²) in [5.41, 5.74) is 4.02. The molecule has 0 radical (unpaired) electrons. The monoisotopic (exact) mass is 294 g/mol. The number of amides is 1. The number of nitrogens with one attached hydrogen (secondary N) is 1. The number of rotatable bonds is 3. The smallest absolute Gasteiger partial charge is 0.227 e. The summed E-state index contributed by atoms with van der Waals surface area (Å²) in [6, 6.07) is 11.9. The van der Waals surface area contributed by atoms with Gasteiger partial charge in [0.05, 0.1) is 5.69 Å². The van der Waals surface area contributed by atoms with Crippen LogP contribution in [0.15, 0.2) is 42.6 Å². The highest BCUT2D eigenvalue weighted by Crippen LogP contribution is 2.32. The van der Waals surface area contributed by atoms with Crippen LogP contribution in [0, 0.1) is 18.8 Å². The number of hydrogen-bond acceptors (Lipinski definition) is 2. The summed E-state index contributed by atoms with van der Waals surface area (Å²) in [6.07, 6.45) is 5.11. The Hall–Kier alpha value is -2.16. The van der Waals surface area contributed by atoms with Crippen LogP contribution >= 0.6 is 0 Å². The Bertz CT molecular complexity index is 666. The second-order valence-corrected chi connectivity index (χ2v) is 6.25. The first-order chi connectivity index (χ1) is 10.6. The topological polar surface area (TPSA) is 42.0 Å². The summed E-state index contributed by atoms with van der Waals surface area (Å²) in [7, 11) is 0. The second kappa shape index (κ2) is 6.30. The molecular weight excluding hydrogens is 272 g/mol. The van der Waals surface area contributed by atoms with E-state index in [-0.39, 0.29) is 11.8 Å². The molecule has 1 aliphatic rings. The van der Waals surface area contributed by atoms with Crippen LogP contribution in [-0.4, -0.2) is 10.9 Å². The average molecular weight is 294 g/mol. The summed E-state index contributed by atoms with van der Waals surface area (Å²) in [5.74, 6) is 0.793. The van der Waals surface area contributed by atoms with Crippen LogP contribution < -0.4 is 5.32 Å². The molecule has 1 aromatic heterocycles. The highest BCUT2D eigenvalue weighted by atomic mass is 16.1. The molecule has 114 valence electrons. The van der Waals surface area contributed by atoms with Crippen LogP contribution in [0.3, 0.4) is 0 Å². The molecule has 0 aliphatic heterocycles. The average Bonchev–Trinajstić information content (AvgIpc) is 2.96. The van der Waals surface area contributed by atoms with Crippen molar-refractivity contribution in [2.45, 2.75) is 33.1 Å². The first-order valence-electron chi connectivity index (χ1n) is 7.98. The molecule has 1 saturated carbocycles. The zero-order chi connectivity index (χ0) is 15.5. The molecule has 3 heteroatoms. The number of pyridine rings is 1. The lowest BCUT2D eigenvalue weighted by atomic mass is 9.97. The van der Waals surface area contributed by atoms with E-state index >= 15 is 0 Å². The standard InChI is InChI=1S/C19H22N2O/c1-13-6-5-7-16(13)19(22)21-15-10-9-14(2)17(12-15)18-8-3-4-11-20-18/h3-4,8-13,16H,5-7H2,1-2H3,(H,21,22)/t13-,16+/m0/s1. The van der Waals surface area contributed by atoms with Gasteiger partial charge >= 0.3 is 0 Å². The molecule has 1 heterocycles. The summed E-state index contributed by atoms with van der Waals surface area (Å²) in [5, 5.41) is 3.08. The Labute approximate surface area is 131 Å². The first-order valence-corrected chi connectivity index (χ1v) is 7.98. The van der Waals surface area contributed by atoms with E-state index in [1.807, 2.05) is 36.4 Å². The van der Waals surface area contributed by atoms with Gasteiger partial charge in [-0.1, -0.05) is 25.5 Å². The number of benzene rings is 1. The minimum Gasteiger partial charge on any atom is -0.326 e. The maximum Gasteiger partial charge on any atom is 0.227 e. The van der Waals surface area contributed by atoms with Crippen molar-refractivity contribution < 1.29 is 4.79 Å². The molecule has 1 aliphatic carbocycles. The van der Waals surface area contributed by atoms with E-state index in [2.05, 4.69) is 24.1 Å². The molecule has 2 atom stereocenters. The van der Waals surface area contributed by atoms with Gasteiger partial charge in [0.2, 0.25) is 5.91 Å². The van der Waals surface area contributed by atoms with E-state index in [0.29, 0.717) is 5.92 Å². The van der Waals surface area contributed by atoms with E-state index < -0.39 is 0 Å². The zero-order valence-corrected chi connectivity index (χ0v) is 13.2. The van der Waals surface area contributed by atoms with Gasteiger partial charge in [-0.15, -0.1) is 0 Å². The number of hydrogen-bond donors (Lipinski definition) is 1. The maximum atomic E-state index is 12.4. The first kappa shape index (κ1) is 14.8. The van der Waals surface area contributed by atoms with Crippen molar-refractivity contribution in [3.63, 3.8) is 0 Å². The Morgan fingerprint density at radius 1 is 1.23 bits per heavy atom. The molecule has 0 saturated heterocycles. The lowest BCUT2D eigenvalue weighted by Crippen LogP contribution is -2.24. The fourth-order valence-electron chi connectivity index (χ4n) is 3.27. The zero-order valence-electron chi connectivity index (χ0n) is 13.2. The molecule has 1 aromatic carbocycles. The van der Waals surface area contributed by atoms with E-state index in [9.17, 15) is 4.79 Å². The van der Waals surface area contributed by atoms with Gasteiger partial charge in [-0.3, -0.25) is 9.78 Å². The van der Waals surface area contributed by atoms with Crippen molar-refractivity contribution in [1.29, 1.82) is 0 Å². The third-order valence-corrected chi connectivity index (χ3v) is 4.64. The van der Waals surface area contributed by atoms with Crippen molar-refractivity contribution in [1.82, 2.24) is 4.98 Å². The molecule has 0 unspecified atom stereocenters. The summed E-state index contributed by atoms with van der Waals surface area (Å²) < 4.78 is 0. The lowest BCUT2D eigenvalue weighted by Gasteiger charge is -2.16. The summed E-state index contributed by atoms with van der Waals surface area (Å²) in [4.78, 5) is 16.8. The molecule has 22 heavy (non-hydrogen) atoms. The van der Waals surface area contributed by atoms with Crippen LogP contribution in [0.4, 0.5) is 5.69 Å². The van der Waals surface area contributed by atoms with Gasteiger partial charge < -0.3 is 5.32 Å². The highest BCUT2D eigenvalue weighted by Gasteiger charge is 2.29. The molecular formula is C19H22N2O. The fraction of sp³-hybridized carbons (Fsp3) is 0.368. The van der Waals surface area contributed by atoms with Gasteiger partial charge in [0, 0.05) is 23.4 Å². The number of aromatic nitrogens is 1. The number of carbonyl (C=O) groups is 1. The third kappa shape index (κ3) is 3.03. The minimum atomic E-state index is 0.152. The molecule has 1 amide bonds. The molecule has 3 nitrogen and oxygen atoms in total. The van der Waals surface area contributed by atoms with E-state index in [1.54, 1.807) is 6.20 Å². The van der Waals surface area contributed by atoms with E-state index in [1.165, 1.54) is 0 Å². The molecule has 0 bridgehead atoms. The lowest BCUT2D eigenvalue weighted by molar-refractivity contribution is -0.120. The Morgan fingerprint density at radius 3 is 2.77 bits per heavy atom. The number of carbonyl (C=O) groups excluding carboxylic acids is 1. The van der Waals surface area contributed by atoms with Crippen molar-refractivity contribution in [3.8, 4) is 11.3 Å². The van der Waals surface area contributed by atoms with Gasteiger partial charge in [0.25, 0.3) is 0 Å². The highest BCUT2D eigenvalue weighted by molar-refractivity contribution is 5.93. The second-order valence-electron chi connectivity index (χ2n) is 6.25. The summed E-state index contributed by atoms with van der Waals surface area (Å²) in [6.45, 7) is 4.24. The van der Waals surface area contributed by atoms with Crippen molar-refractivity contribution >= 4 is 11.6 Å². The molecule has 1 N–H and O–H groups in total. The molecule has 0 spiro atoms. The number of nitrogens with zero attached hydrogens (tertiary/aromatic N) is 1. The van der Waals surface area contributed by atoms with Crippen LogP contribution in [-0.2, 0) is 4.79 Å². The fourth-order valence-corrected chi connectivity index (χ4v) is 3.27. The van der Waals surface area contributed by atoms with E-state index in [4.69, 9.17) is 0 Å². The molecule has 2 aromatic rings.